The summed E-state index contributed by atoms with van der Waals surface area (Å²) in [4.78, 5) is 28.6. The Morgan fingerprint density at radius 2 is 2.04 bits per heavy atom. The van der Waals surface area contributed by atoms with Crippen molar-refractivity contribution in [2.24, 2.45) is 0 Å². The predicted octanol–water partition coefficient (Wildman–Crippen LogP) is 0.123. The Bertz CT molecular complexity index is 609. The lowest BCUT2D eigenvalue weighted by atomic mass is 10.1. The first-order valence-electron chi connectivity index (χ1n) is 8.39. The molecular weight excluding hydrogens is 312 g/mol. The first-order valence-corrected chi connectivity index (χ1v) is 8.39. The quantitative estimate of drug-likeness (QED) is 0.727. The molecule has 0 saturated carbocycles. The van der Waals surface area contributed by atoms with E-state index in [-0.39, 0.29) is 11.9 Å². The minimum absolute atomic E-state index is 0.108. The third-order valence-electron chi connectivity index (χ3n) is 4.66. The van der Waals surface area contributed by atoms with Crippen molar-refractivity contribution in [1.82, 2.24) is 19.6 Å². The first kappa shape index (κ1) is 16.9. The number of carbonyl (C=O) groups excluding carboxylic acids is 2. The van der Waals surface area contributed by atoms with Gasteiger partial charge in [-0.1, -0.05) is 6.92 Å². The third kappa shape index (κ3) is 3.29. The fourth-order valence-electron chi connectivity index (χ4n) is 3.35. The lowest BCUT2D eigenvalue weighted by Crippen LogP contribution is -2.53. The van der Waals surface area contributed by atoms with Gasteiger partial charge in [0, 0.05) is 19.6 Å². The Balaban J connectivity index is 1.70. The van der Waals surface area contributed by atoms with Crippen molar-refractivity contribution in [1.29, 1.82) is 0 Å². The molecule has 0 N–H and O–H groups in total. The molecule has 1 atom stereocenters. The number of morpholine rings is 1. The molecule has 1 aromatic heterocycles. The summed E-state index contributed by atoms with van der Waals surface area (Å²) in [6, 6.07) is 1.60. The second-order valence-corrected chi connectivity index (χ2v) is 6.07. The molecule has 1 saturated heterocycles. The summed E-state index contributed by atoms with van der Waals surface area (Å²) in [6.45, 7) is 6.67. The van der Waals surface area contributed by atoms with Crippen LogP contribution in [0.4, 0.5) is 0 Å². The van der Waals surface area contributed by atoms with Crippen LogP contribution >= 0.6 is 0 Å². The zero-order valence-electron chi connectivity index (χ0n) is 14.2. The number of aromatic nitrogens is 2. The first-order chi connectivity index (χ1) is 11.6. The Kier molecular flexibility index (Phi) is 5.15. The summed E-state index contributed by atoms with van der Waals surface area (Å²) in [7, 11) is 1.34. The van der Waals surface area contributed by atoms with Crippen LogP contribution in [0.2, 0.25) is 0 Å². The number of amides is 1. The molecule has 8 nitrogen and oxygen atoms in total. The van der Waals surface area contributed by atoms with Crippen molar-refractivity contribution in [2.75, 3.05) is 40.0 Å². The van der Waals surface area contributed by atoms with E-state index >= 15 is 0 Å². The highest BCUT2D eigenvalue weighted by Gasteiger charge is 2.32. The summed E-state index contributed by atoms with van der Waals surface area (Å²) in [5.74, 6) is -0.305. The second-order valence-electron chi connectivity index (χ2n) is 6.07. The highest BCUT2D eigenvalue weighted by molar-refractivity contribution is 5.87. The van der Waals surface area contributed by atoms with Crippen molar-refractivity contribution in [2.45, 2.75) is 32.5 Å². The van der Waals surface area contributed by atoms with E-state index in [9.17, 15) is 9.59 Å². The SMILES string of the molecule is CC[C@H](C(=O)N1CCn2nc(C(=O)OC)cc2C1)N1CCOCC1. The average molecular weight is 336 g/mol. The van der Waals surface area contributed by atoms with E-state index in [0.29, 0.717) is 38.5 Å². The zero-order valence-corrected chi connectivity index (χ0v) is 14.2. The van der Waals surface area contributed by atoms with Crippen molar-refractivity contribution >= 4 is 11.9 Å². The van der Waals surface area contributed by atoms with E-state index in [1.807, 2.05) is 11.8 Å². The number of fused-ring (bicyclic) bond motifs is 1. The minimum atomic E-state index is -0.450. The molecule has 8 heteroatoms. The lowest BCUT2D eigenvalue weighted by molar-refractivity contribution is -0.140. The highest BCUT2D eigenvalue weighted by atomic mass is 16.5. The van der Waals surface area contributed by atoms with Gasteiger partial charge in [0.05, 0.1) is 45.1 Å². The number of esters is 1. The molecule has 1 fully saturated rings. The van der Waals surface area contributed by atoms with Crippen LogP contribution in [0, 0.1) is 0 Å². The third-order valence-corrected chi connectivity index (χ3v) is 4.66. The van der Waals surface area contributed by atoms with Gasteiger partial charge in [0.1, 0.15) is 0 Å². The molecular formula is C16H24N4O4. The summed E-state index contributed by atoms with van der Waals surface area (Å²) in [6.07, 6.45) is 0.780. The van der Waals surface area contributed by atoms with Gasteiger partial charge in [0.2, 0.25) is 5.91 Å². The van der Waals surface area contributed by atoms with Gasteiger partial charge in [0.15, 0.2) is 5.69 Å². The number of nitrogens with zero attached hydrogens (tertiary/aromatic N) is 4. The van der Waals surface area contributed by atoms with Crippen LogP contribution in [0.5, 0.6) is 0 Å². The summed E-state index contributed by atoms with van der Waals surface area (Å²) in [5.41, 5.74) is 1.16. The molecule has 2 aliphatic heterocycles. The maximum atomic E-state index is 13.0. The second kappa shape index (κ2) is 7.31. The van der Waals surface area contributed by atoms with Gasteiger partial charge in [0.25, 0.3) is 0 Å². The molecule has 0 radical (unpaired) electrons. The number of rotatable bonds is 4. The van der Waals surface area contributed by atoms with Crippen molar-refractivity contribution in [3.05, 3.63) is 17.5 Å². The molecule has 2 aliphatic rings. The molecule has 3 rings (SSSR count). The van der Waals surface area contributed by atoms with Crippen molar-refractivity contribution in [3.8, 4) is 0 Å². The van der Waals surface area contributed by atoms with Crippen molar-refractivity contribution < 1.29 is 19.1 Å². The van der Waals surface area contributed by atoms with E-state index in [2.05, 4.69) is 10.00 Å². The number of methoxy groups -OCH3 is 1. The van der Waals surface area contributed by atoms with Crippen LogP contribution in [0.1, 0.15) is 29.5 Å². The zero-order chi connectivity index (χ0) is 17.1. The lowest BCUT2D eigenvalue weighted by Gasteiger charge is -2.37. The van der Waals surface area contributed by atoms with Gasteiger partial charge < -0.3 is 14.4 Å². The molecule has 1 amide bonds. The van der Waals surface area contributed by atoms with Gasteiger partial charge in [-0.25, -0.2) is 4.79 Å². The number of hydrogen-bond donors (Lipinski definition) is 0. The summed E-state index contributed by atoms with van der Waals surface area (Å²) < 4.78 is 11.9. The maximum absolute atomic E-state index is 13.0. The smallest absolute Gasteiger partial charge is 0.358 e. The molecule has 0 bridgehead atoms. The standard InChI is InChI=1S/C16H24N4O4/c1-3-14(18-6-8-24-9-7-18)15(21)19-4-5-20-12(11-19)10-13(17-20)16(22)23-2/h10,14H,3-9,11H2,1-2H3/t14-/m1/s1. The van der Waals surface area contributed by atoms with E-state index in [0.717, 1.165) is 25.2 Å². The Morgan fingerprint density at radius 3 is 2.71 bits per heavy atom. The number of carbonyl (C=O) groups is 2. The van der Waals surface area contributed by atoms with E-state index < -0.39 is 5.97 Å². The molecule has 0 aromatic carbocycles. The fraction of sp³-hybridized carbons (Fsp3) is 0.688. The molecule has 3 heterocycles. The Morgan fingerprint density at radius 1 is 1.29 bits per heavy atom. The normalized spacial score (nSPS) is 19.7. The van der Waals surface area contributed by atoms with E-state index in [1.165, 1.54) is 7.11 Å². The monoisotopic (exact) mass is 336 g/mol. The van der Waals surface area contributed by atoms with Crippen molar-refractivity contribution in [3.63, 3.8) is 0 Å². The minimum Gasteiger partial charge on any atom is -0.464 e. The molecule has 0 aliphatic carbocycles. The van der Waals surface area contributed by atoms with E-state index in [4.69, 9.17) is 9.47 Å². The number of ether oxygens (including phenoxy) is 2. The summed E-state index contributed by atoms with van der Waals surface area (Å²) in [5, 5.41) is 4.25. The molecule has 0 unspecified atom stereocenters. The van der Waals surface area contributed by atoms with E-state index in [1.54, 1.807) is 10.7 Å². The molecule has 24 heavy (non-hydrogen) atoms. The van der Waals surface area contributed by atoms with Crippen LogP contribution < -0.4 is 0 Å². The summed E-state index contributed by atoms with van der Waals surface area (Å²) >= 11 is 0. The maximum Gasteiger partial charge on any atom is 0.358 e. The van der Waals surface area contributed by atoms with Gasteiger partial charge in [-0.3, -0.25) is 14.4 Å². The van der Waals surface area contributed by atoms with Gasteiger partial charge >= 0.3 is 5.97 Å². The number of hydrogen-bond acceptors (Lipinski definition) is 6. The van der Waals surface area contributed by atoms with Crippen LogP contribution in [0.15, 0.2) is 6.07 Å². The highest BCUT2D eigenvalue weighted by Crippen LogP contribution is 2.18. The van der Waals surface area contributed by atoms with Gasteiger partial charge in [-0.2, -0.15) is 5.10 Å². The molecule has 1 aromatic rings. The van der Waals surface area contributed by atoms with Crippen LogP contribution in [0.3, 0.4) is 0 Å². The van der Waals surface area contributed by atoms with Crippen LogP contribution in [0.25, 0.3) is 0 Å². The molecule has 132 valence electrons. The molecule has 0 spiro atoms. The Hall–Kier alpha value is -1.93. The van der Waals surface area contributed by atoms with Gasteiger partial charge in [-0.15, -0.1) is 0 Å². The fourth-order valence-corrected chi connectivity index (χ4v) is 3.35. The van der Waals surface area contributed by atoms with Crippen LogP contribution in [-0.2, 0) is 27.4 Å². The predicted molar refractivity (Wildman–Crippen MR) is 85.5 cm³/mol. The van der Waals surface area contributed by atoms with Gasteiger partial charge in [-0.05, 0) is 12.5 Å². The largest absolute Gasteiger partial charge is 0.464 e. The average Bonchev–Trinajstić information content (AvgIpc) is 3.05. The Labute approximate surface area is 141 Å². The van der Waals surface area contributed by atoms with Crippen LogP contribution in [-0.4, -0.2) is 77.5 Å². The topological polar surface area (TPSA) is 76.9 Å².